The quantitative estimate of drug-likeness (QED) is 0.807. The van der Waals surface area contributed by atoms with Crippen molar-refractivity contribution >= 4 is 27.3 Å². The third kappa shape index (κ3) is 4.61. The molecule has 2 atom stereocenters. The molecule has 0 aliphatic rings. The molecule has 0 bridgehead atoms. The van der Waals surface area contributed by atoms with Gasteiger partial charge in [0.15, 0.2) is 0 Å². The zero-order valence-corrected chi connectivity index (χ0v) is 14.9. The molecule has 0 radical (unpaired) electrons. The lowest BCUT2D eigenvalue weighted by Gasteiger charge is -2.31. The number of nitrogens with two attached hydrogens (primary N) is 1. The van der Waals surface area contributed by atoms with Crippen LogP contribution in [0.15, 0.2) is 40.4 Å². The van der Waals surface area contributed by atoms with E-state index in [1.807, 2.05) is 12.4 Å². The molecule has 2 rings (SSSR count). The molecule has 2 unspecified atom stereocenters. The third-order valence-electron chi connectivity index (χ3n) is 3.73. The van der Waals surface area contributed by atoms with Gasteiger partial charge in [-0.3, -0.25) is 9.88 Å². The van der Waals surface area contributed by atoms with Crippen LogP contribution in [-0.2, 0) is 6.42 Å². The first kappa shape index (κ1) is 16.6. The predicted octanol–water partition coefficient (Wildman–Crippen LogP) is 3.86. The summed E-state index contributed by atoms with van der Waals surface area (Å²) >= 11 is 5.31. The van der Waals surface area contributed by atoms with E-state index < -0.39 is 0 Å². The Kier molecular flexibility index (Phi) is 6.36. The second-order valence-corrected chi connectivity index (χ2v) is 7.13. The second-order valence-electron chi connectivity index (χ2n) is 5.27. The zero-order valence-electron chi connectivity index (χ0n) is 12.5. The van der Waals surface area contributed by atoms with Gasteiger partial charge in [-0.05, 0) is 59.6 Å². The number of rotatable bonds is 7. The summed E-state index contributed by atoms with van der Waals surface area (Å²) in [7, 11) is 2.16. The number of halogens is 1. The van der Waals surface area contributed by atoms with Gasteiger partial charge < -0.3 is 5.73 Å². The molecule has 0 aliphatic heterocycles. The van der Waals surface area contributed by atoms with Crippen molar-refractivity contribution < 1.29 is 0 Å². The highest BCUT2D eigenvalue weighted by Gasteiger charge is 2.24. The van der Waals surface area contributed by atoms with E-state index in [1.165, 1.54) is 10.4 Å². The molecule has 21 heavy (non-hydrogen) atoms. The summed E-state index contributed by atoms with van der Waals surface area (Å²) in [6.45, 7) is 3.13. The maximum Gasteiger partial charge on any atom is 0.0591 e. The average molecular weight is 368 g/mol. The van der Waals surface area contributed by atoms with Crippen molar-refractivity contribution in [1.82, 2.24) is 9.88 Å². The minimum absolute atomic E-state index is 0.151. The Hall–Kier alpha value is -0.750. The summed E-state index contributed by atoms with van der Waals surface area (Å²) in [5.41, 5.74) is 7.68. The maximum atomic E-state index is 6.37. The number of pyridine rings is 1. The van der Waals surface area contributed by atoms with Gasteiger partial charge in [-0.25, -0.2) is 0 Å². The van der Waals surface area contributed by atoms with Crippen molar-refractivity contribution in [3.8, 4) is 0 Å². The van der Waals surface area contributed by atoms with Gasteiger partial charge in [0.25, 0.3) is 0 Å². The van der Waals surface area contributed by atoms with Crippen LogP contribution in [0.25, 0.3) is 0 Å². The minimum Gasteiger partial charge on any atom is -0.326 e. The van der Waals surface area contributed by atoms with E-state index in [2.05, 4.69) is 63.4 Å². The van der Waals surface area contributed by atoms with Crippen LogP contribution in [0, 0.1) is 0 Å². The summed E-state index contributed by atoms with van der Waals surface area (Å²) in [6, 6.07) is 6.76. The first-order valence-corrected chi connectivity index (χ1v) is 8.87. The van der Waals surface area contributed by atoms with Crippen LogP contribution in [0.5, 0.6) is 0 Å². The Labute approximate surface area is 139 Å². The van der Waals surface area contributed by atoms with Crippen molar-refractivity contribution in [3.05, 3.63) is 50.9 Å². The van der Waals surface area contributed by atoms with Gasteiger partial charge in [0.2, 0.25) is 0 Å². The third-order valence-corrected chi connectivity index (χ3v) is 5.50. The molecule has 0 aromatic carbocycles. The highest BCUT2D eigenvalue weighted by molar-refractivity contribution is 9.10. The van der Waals surface area contributed by atoms with Crippen LogP contribution in [0.1, 0.15) is 29.8 Å². The monoisotopic (exact) mass is 367 g/mol. The Morgan fingerprint density at radius 2 is 2.10 bits per heavy atom. The fourth-order valence-corrected chi connectivity index (χ4v) is 4.14. The van der Waals surface area contributed by atoms with Gasteiger partial charge in [-0.1, -0.05) is 6.92 Å². The first-order valence-electron chi connectivity index (χ1n) is 7.20. The van der Waals surface area contributed by atoms with Crippen LogP contribution in [0.3, 0.4) is 0 Å². The second kappa shape index (κ2) is 8.03. The number of nitrogens with zero attached hydrogens (tertiary/aromatic N) is 2. The summed E-state index contributed by atoms with van der Waals surface area (Å²) < 4.78 is 1.14. The van der Waals surface area contributed by atoms with Gasteiger partial charge in [-0.2, -0.15) is 0 Å². The fourth-order valence-electron chi connectivity index (χ4n) is 2.46. The maximum absolute atomic E-state index is 6.37. The summed E-state index contributed by atoms with van der Waals surface area (Å²) in [4.78, 5) is 7.76. The van der Waals surface area contributed by atoms with Crippen molar-refractivity contribution in [1.29, 1.82) is 0 Å². The van der Waals surface area contributed by atoms with Crippen LogP contribution < -0.4 is 5.73 Å². The Balaban J connectivity index is 2.06. The first-order chi connectivity index (χ1) is 10.1. The Morgan fingerprint density at radius 3 is 2.67 bits per heavy atom. The molecule has 3 nitrogen and oxygen atoms in total. The molecule has 2 heterocycles. The molecule has 2 aromatic heterocycles. The predicted molar refractivity (Wildman–Crippen MR) is 93.6 cm³/mol. The van der Waals surface area contributed by atoms with Crippen LogP contribution in [0.4, 0.5) is 0 Å². The van der Waals surface area contributed by atoms with Gasteiger partial charge in [0.05, 0.1) is 6.04 Å². The highest BCUT2D eigenvalue weighted by atomic mass is 79.9. The standard InChI is InChI=1S/C16H22BrN3S/c1-3-14(18)16(15-10-13(17)11-21-15)20(2)9-6-12-4-7-19-8-5-12/h4-5,7-8,10-11,14,16H,3,6,9,18H2,1-2H3. The fraction of sp³-hybridized carbons (Fsp3) is 0.438. The van der Waals surface area contributed by atoms with Crippen molar-refractivity contribution in [2.75, 3.05) is 13.6 Å². The van der Waals surface area contributed by atoms with E-state index in [9.17, 15) is 0 Å². The Morgan fingerprint density at radius 1 is 1.38 bits per heavy atom. The van der Waals surface area contributed by atoms with Crippen LogP contribution in [-0.4, -0.2) is 29.5 Å². The van der Waals surface area contributed by atoms with E-state index in [4.69, 9.17) is 5.73 Å². The summed E-state index contributed by atoms with van der Waals surface area (Å²) in [5, 5.41) is 2.13. The van der Waals surface area contributed by atoms with Gasteiger partial charge >= 0.3 is 0 Å². The van der Waals surface area contributed by atoms with Gasteiger partial charge in [0, 0.05) is 39.7 Å². The average Bonchev–Trinajstić information content (AvgIpc) is 2.92. The lowest BCUT2D eigenvalue weighted by Crippen LogP contribution is -2.39. The molecular formula is C16H22BrN3S. The lowest BCUT2D eigenvalue weighted by molar-refractivity contribution is 0.215. The highest BCUT2D eigenvalue weighted by Crippen LogP contribution is 2.31. The molecule has 0 amide bonds. The van der Waals surface area contributed by atoms with E-state index >= 15 is 0 Å². The molecule has 114 valence electrons. The van der Waals surface area contributed by atoms with Crippen molar-refractivity contribution in [3.63, 3.8) is 0 Å². The SMILES string of the molecule is CCC(N)C(c1cc(Br)cs1)N(C)CCc1ccncc1. The van der Waals surface area contributed by atoms with Crippen molar-refractivity contribution in [2.45, 2.75) is 31.8 Å². The molecule has 2 aromatic rings. The molecule has 0 saturated carbocycles. The normalized spacial score (nSPS) is 14.3. The van der Waals surface area contributed by atoms with Crippen LogP contribution >= 0.6 is 27.3 Å². The number of likely N-dealkylation sites (N-methyl/N-ethyl adjacent to an activating group) is 1. The molecule has 0 fully saturated rings. The number of hydrogen-bond acceptors (Lipinski definition) is 4. The molecule has 0 saturated heterocycles. The van der Waals surface area contributed by atoms with Crippen molar-refractivity contribution in [2.24, 2.45) is 5.73 Å². The number of aromatic nitrogens is 1. The number of thiophene rings is 1. The van der Waals surface area contributed by atoms with E-state index in [0.717, 1.165) is 23.9 Å². The summed E-state index contributed by atoms with van der Waals surface area (Å²) in [6.07, 6.45) is 5.68. The van der Waals surface area contributed by atoms with Gasteiger partial charge in [0.1, 0.15) is 0 Å². The zero-order chi connectivity index (χ0) is 15.2. The summed E-state index contributed by atoms with van der Waals surface area (Å²) in [5.74, 6) is 0. The minimum atomic E-state index is 0.151. The van der Waals surface area contributed by atoms with E-state index in [1.54, 1.807) is 11.3 Å². The molecule has 2 N–H and O–H groups in total. The lowest BCUT2D eigenvalue weighted by atomic mass is 10.0. The Bertz CT molecular complexity index is 543. The van der Waals surface area contributed by atoms with Crippen LogP contribution in [0.2, 0.25) is 0 Å². The smallest absolute Gasteiger partial charge is 0.0591 e. The molecule has 0 spiro atoms. The van der Waals surface area contributed by atoms with E-state index in [0.29, 0.717) is 0 Å². The van der Waals surface area contributed by atoms with Gasteiger partial charge in [-0.15, -0.1) is 11.3 Å². The van der Waals surface area contributed by atoms with E-state index in [-0.39, 0.29) is 12.1 Å². The topological polar surface area (TPSA) is 42.1 Å². The largest absolute Gasteiger partial charge is 0.326 e. The molecule has 0 aliphatic carbocycles. The molecule has 5 heteroatoms. The number of hydrogen-bond donors (Lipinski definition) is 1. The molecular weight excluding hydrogens is 346 g/mol.